The van der Waals surface area contributed by atoms with Crippen LogP contribution in [0.4, 0.5) is 5.82 Å². The van der Waals surface area contributed by atoms with E-state index in [1.807, 2.05) is 12.3 Å². The van der Waals surface area contributed by atoms with Gasteiger partial charge in [0.05, 0.1) is 0 Å². The summed E-state index contributed by atoms with van der Waals surface area (Å²) in [6.07, 6.45) is 9.95. The van der Waals surface area contributed by atoms with Crippen LogP contribution < -0.4 is 5.73 Å². The number of hydrogen-bond acceptors (Lipinski definition) is 4. The number of hydrogen-bond donors (Lipinski definition) is 1. The van der Waals surface area contributed by atoms with Crippen molar-refractivity contribution in [3.63, 3.8) is 0 Å². The van der Waals surface area contributed by atoms with Gasteiger partial charge in [-0.15, -0.1) is 0 Å². The van der Waals surface area contributed by atoms with Crippen molar-refractivity contribution in [3.8, 4) is 0 Å². The summed E-state index contributed by atoms with van der Waals surface area (Å²) in [6.45, 7) is 16.5. The summed E-state index contributed by atoms with van der Waals surface area (Å²) >= 11 is 0. The van der Waals surface area contributed by atoms with Crippen LogP contribution in [-0.4, -0.2) is 44.4 Å². The van der Waals surface area contributed by atoms with Crippen LogP contribution in [0.25, 0.3) is 0 Å². The first-order valence-corrected chi connectivity index (χ1v) is 14.6. The van der Waals surface area contributed by atoms with Crippen LogP contribution in [0.5, 0.6) is 0 Å². The fraction of sp³-hybridized carbons (Fsp3) is 0.792. The molecule has 0 radical (unpaired) electrons. The van der Waals surface area contributed by atoms with E-state index in [1.165, 1.54) is 63.7 Å². The molecule has 1 aromatic heterocycles. The van der Waals surface area contributed by atoms with Crippen LogP contribution >= 0.6 is 0 Å². The van der Waals surface area contributed by atoms with Crippen LogP contribution in [0, 0.1) is 11.8 Å². The zero-order chi connectivity index (χ0) is 21.1. The largest absolute Gasteiger partial charge is 0.417 e. The minimum absolute atomic E-state index is 0.318. The Kier molecular flexibility index (Phi) is 7.44. The highest BCUT2D eigenvalue weighted by Gasteiger charge is 2.38. The van der Waals surface area contributed by atoms with Gasteiger partial charge >= 0.3 is 0 Å². The zero-order valence-corrected chi connectivity index (χ0v) is 20.4. The normalized spacial score (nSPS) is 25.3. The third kappa shape index (κ3) is 6.28. The molecule has 5 heteroatoms. The lowest BCUT2D eigenvalue weighted by Gasteiger charge is -2.39. The van der Waals surface area contributed by atoms with E-state index < -0.39 is 8.32 Å². The van der Waals surface area contributed by atoms with E-state index in [2.05, 4.69) is 49.8 Å². The summed E-state index contributed by atoms with van der Waals surface area (Å²) in [6, 6.07) is 4.10. The van der Waals surface area contributed by atoms with Gasteiger partial charge in [0.15, 0.2) is 8.32 Å². The molecule has 1 saturated carbocycles. The van der Waals surface area contributed by atoms with Crippen LogP contribution in [0.3, 0.4) is 0 Å². The van der Waals surface area contributed by atoms with Crippen molar-refractivity contribution in [2.24, 2.45) is 11.8 Å². The number of aromatic nitrogens is 1. The predicted molar refractivity (Wildman–Crippen MR) is 126 cm³/mol. The molecule has 164 valence electrons. The Morgan fingerprint density at radius 1 is 1.03 bits per heavy atom. The number of piperidine rings is 1. The number of nitrogens with two attached hydrogens (primary N) is 1. The average Bonchev–Trinajstić information content (AvgIpc) is 2.68. The van der Waals surface area contributed by atoms with Crippen molar-refractivity contribution in [2.75, 3.05) is 32.0 Å². The zero-order valence-electron chi connectivity index (χ0n) is 19.4. The van der Waals surface area contributed by atoms with Crippen LogP contribution in [-0.2, 0) is 4.43 Å². The van der Waals surface area contributed by atoms with Crippen LogP contribution in [0.1, 0.15) is 70.8 Å². The first kappa shape index (κ1) is 22.8. The number of pyridine rings is 1. The highest BCUT2D eigenvalue weighted by Crippen LogP contribution is 2.38. The molecule has 29 heavy (non-hydrogen) atoms. The van der Waals surface area contributed by atoms with Gasteiger partial charge in [-0.25, -0.2) is 4.98 Å². The molecule has 1 aromatic rings. The van der Waals surface area contributed by atoms with Gasteiger partial charge in [-0.05, 0) is 99.1 Å². The minimum Gasteiger partial charge on any atom is -0.417 e. The van der Waals surface area contributed by atoms with Crippen LogP contribution in [0.15, 0.2) is 18.3 Å². The molecule has 0 aromatic carbocycles. The molecule has 4 nitrogen and oxygen atoms in total. The van der Waals surface area contributed by atoms with Gasteiger partial charge in [-0.2, -0.15) is 0 Å². The summed E-state index contributed by atoms with van der Waals surface area (Å²) in [5.74, 6) is 2.94. The van der Waals surface area contributed by atoms with E-state index in [1.54, 1.807) is 0 Å². The Morgan fingerprint density at radius 3 is 2.21 bits per heavy atom. The lowest BCUT2D eigenvalue weighted by Crippen LogP contribution is -2.42. The lowest BCUT2D eigenvalue weighted by molar-refractivity contribution is 0.129. The molecule has 2 heterocycles. The number of nitrogen functional groups attached to an aromatic ring is 1. The molecule has 2 aliphatic rings. The van der Waals surface area contributed by atoms with Crippen molar-refractivity contribution < 1.29 is 4.43 Å². The fourth-order valence-corrected chi connectivity index (χ4v) is 5.68. The number of anilines is 1. The molecule has 1 saturated heterocycles. The topological polar surface area (TPSA) is 51.4 Å². The third-order valence-corrected chi connectivity index (χ3v) is 12.3. The first-order valence-electron chi connectivity index (χ1n) is 11.7. The quantitative estimate of drug-likeness (QED) is 0.606. The molecule has 2 fully saturated rings. The van der Waals surface area contributed by atoms with E-state index in [-0.39, 0.29) is 0 Å². The van der Waals surface area contributed by atoms with Crippen molar-refractivity contribution in [2.45, 2.75) is 83.3 Å². The molecular weight excluding hydrogens is 374 g/mol. The Morgan fingerprint density at radius 2 is 1.66 bits per heavy atom. The van der Waals surface area contributed by atoms with E-state index in [4.69, 9.17) is 10.2 Å². The molecule has 0 amide bonds. The molecule has 2 N–H and O–H groups in total. The Labute approximate surface area is 179 Å². The van der Waals surface area contributed by atoms with Crippen molar-refractivity contribution in [1.82, 2.24) is 9.88 Å². The third-order valence-electron chi connectivity index (χ3n) is 7.84. The Balaban J connectivity index is 1.36. The van der Waals surface area contributed by atoms with Crippen LogP contribution in [0.2, 0.25) is 18.1 Å². The number of rotatable bonds is 6. The molecule has 0 unspecified atom stereocenters. The summed E-state index contributed by atoms with van der Waals surface area (Å²) in [5, 5.41) is 0.318. The smallest absolute Gasteiger partial charge is 0.191 e. The standard InChI is InChI=1S/C24H43N3OSi/c1-24(2,3)29(4,5)28-18-20-8-6-19(7-9-20)17-27-14-12-21(13-15-27)22-10-11-23(25)26-16-22/h10-11,16,19-21H,6-9,12-15,17-18H2,1-5H3,(H2,25,26). The number of likely N-dealkylation sites (tertiary alicyclic amines) is 1. The van der Waals surface area contributed by atoms with Gasteiger partial charge in [0.1, 0.15) is 5.82 Å². The van der Waals surface area contributed by atoms with Gasteiger partial charge in [-0.1, -0.05) is 26.8 Å². The monoisotopic (exact) mass is 417 g/mol. The summed E-state index contributed by atoms with van der Waals surface area (Å²) in [7, 11) is -1.60. The molecule has 0 atom stereocenters. The van der Waals surface area contributed by atoms with E-state index in [9.17, 15) is 0 Å². The summed E-state index contributed by atoms with van der Waals surface area (Å²) in [5.41, 5.74) is 7.09. The van der Waals surface area contributed by atoms with Gasteiger partial charge < -0.3 is 15.1 Å². The maximum Gasteiger partial charge on any atom is 0.191 e. The second-order valence-corrected chi connectivity index (χ2v) is 15.9. The molecule has 3 rings (SSSR count). The predicted octanol–water partition coefficient (Wildman–Crippen LogP) is 5.67. The molecule has 1 aliphatic carbocycles. The molecule has 0 bridgehead atoms. The lowest BCUT2D eigenvalue weighted by atomic mass is 9.81. The number of nitrogens with zero attached hydrogens (tertiary/aromatic N) is 2. The van der Waals surface area contributed by atoms with Crippen molar-refractivity contribution in [1.29, 1.82) is 0 Å². The Bertz CT molecular complexity index is 625. The molecular formula is C24H43N3OSi. The minimum atomic E-state index is -1.60. The highest BCUT2D eigenvalue weighted by atomic mass is 28.4. The average molecular weight is 418 g/mol. The van der Waals surface area contributed by atoms with Gasteiger partial charge in [0.2, 0.25) is 0 Å². The van der Waals surface area contributed by atoms with Gasteiger partial charge in [0.25, 0.3) is 0 Å². The highest BCUT2D eigenvalue weighted by molar-refractivity contribution is 6.74. The van der Waals surface area contributed by atoms with Gasteiger partial charge in [0, 0.05) is 19.3 Å². The fourth-order valence-electron chi connectivity index (χ4n) is 4.60. The SMILES string of the molecule is CC(C)(C)[Si](C)(C)OCC1CCC(CN2CCC(c3ccc(N)nc3)CC2)CC1. The van der Waals surface area contributed by atoms with E-state index >= 15 is 0 Å². The van der Waals surface area contributed by atoms with Gasteiger partial charge in [-0.3, -0.25) is 0 Å². The summed E-state index contributed by atoms with van der Waals surface area (Å²) in [4.78, 5) is 6.98. The first-order chi connectivity index (χ1) is 13.6. The summed E-state index contributed by atoms with van der Waals surface area (Å²) < 4.78 is 6.50. The van der Waals surface area contributed by atoms with Crippen molar-refractivity contribution >= 4 is 14.1 Å². The maximum atomic E-state index is 6.50. The Hall–Kier alpha value is -0.913. The second kappa shape index (κ2) is 9.48. The van der Waals surface area contributed by atoms with E-state index in [0.717, 1.165) is 18.4 Å². The maximum absolute atomic E-state index is 6.50. The molecule has 1 aliphatic heterocycles. The second-order valence-electron chi connectivity index (χ2n) is 11.0. The molecule has 0 spiro atoms. The van der Waals surface area contributed by atoms with Crippen molar-refractivity contribution in [3.05, 3.63) is 23.9 Å². The van der Waals surface area contributed by atoms with E-state index in [0.29, 0.717) is 16.8 Å².